The molecule has 2 amide bonds. The van der Waals surface area contributed by atoms with E-state index in [4.69, 9.17) is 23.2 Å². The van der Waals surface area contributed by atoms with Gasteiger partial charge in [-0.05, 0) is 73.6 Å². The Balaban J connectivity index is 1.29. The van der Waals surface area contributed by atoms with Gasteiger partial charge >= 0.3 is 5.97 Å². The average Bonchev–Trinajstić information content (AvgIpc) is 2.97. The number of nitrogens with one attached hydrogen (secondary N) is 2. The van der Waals surface area contributed by atoms with Gasteiger partial charge in [-0.15, -0.1) is 0 Å². The Hall–Kier alpha value is -3.51. The number of nitrogens with zero attached hydrogens (tertiary/aromatic N) is 2. The first-order chi connectivity index (χ1) is 20.0. The molecule has 3 heterocycles. The number of piperidine rings is 2. The average molecular weight is 632 g/mol. The van der Waals surface area contributed by atoms with Crippen LogP contribution in [0.3, 0.4) is 0 Å². The van der Waals surface area contributed by atoms with Crippen LogP contribution in [0.1, 0.15) is 41.6 Å². The van der Waals surface area contributed by atoms with Gasteiger partial charge in [-0.2, -0.15) is 4.31 Å². The summed E-state index contributed by atoms with van der Waals surface area (Å²) in [5.41, 5.74) is 1.26. The molecule has 13 heteroatoms. The quantitative estimate of drug-likeness (QED) is 0.297. The molecule has 42 heavy (non-hydrogen) atoms. The zero-order chi connectivity index (χ0) is 30.0. The molecule has 6 rings (SSSR count). The van der Waals surface area contributed by atoms with E-state index >= 15 is 0 Å². The molecule has 10 nitrogen and oxygen atoms in total. The number of carboxylic acids is 1. The number of benzene rings is 2. The first-order valence-electron chi connectivity index (χ1n) is 13.4. The minimum Gasteiger partial charge on any atom is -0.480 e. The van der Waals surface area contributed by atoms with Gasteiger partial charge in [-0.25, -0.2) is 18.2 Å². The number of anilines is 1. The van der Waals surface area contributed by atoms with Crippen molar-refractivity contribution in [2.24, 2.45) is 5.92 Å². The molecule has 1 aromatic heterocycles. The van der Waals surface area contributed by atoms with Crippen LogP contribution in [0, 0.1) is 5.92 Å². The molecule has 3 fully saturated rings. The lowest BCUT2D eigenvalue weighted by atomic mass is 9.76. The smallest absolute Gasteiger partial charge is 0.326 e. The number of carbonyl (C=O) groups is 3. The molecule has 2 aromatic carbocycles. The van der Waals surface area contributed by atoms with Crippen molar-refractivity contribution < 1.29 is 27.9 Å². The maximum absolute atomic E-state index is 13.6. The van der Waals surface area contributed by atoms with Crippen molar-refractivity contribution in [2.75, 3.05) is 5.32 Å². The predicted octanol–water partition coefficient (Wildman–Crippen LogP) is 4.38. The highest BCUT2D eigenvalue weighted by Gasteiger charge is 2.51. The Morgan fingerprint density at radius 3 is 2.17 bits per heavy atom. The standard InChI is InChI=1S/C29H28Cl2N4O6S/c30-24-15-19(16-25(31)34-24)27(36)32-20-10-6-17(7-11-20)14-23(29(38)39)33-28(37)26-18-8-12-21(13-9-18)35(26)42(40,41)22-4-2-1-3-5-22/h1-7,10-11,15-16,18,21,23,26H,8-9,12-14H2,(H,32,36)(H,33,37)(H,38,39)/t18?,21?,23-,26-/m0/s1. The molecule has 3 aromatic rings. The van der Waals surface area contributed by atoms with E-state index in [0.717, 1.165) is 0 Å². The van der Waals surface area contributed by atoms with Crippen molar-refractivity contribution in [3.63, 3.8) is 0 Å². The molecular weight excluding hydrogens is 603 g/mol. The lowest BCUT2D eigenvalue weighted by Gasteiger charge is -2.49. The summed E-state index contributed by atoms with van der Waals surface area (Å²) in [4.78, 5) is 42.2. The van der Waals surface area contributed by atoms with Crippen molar-refractivity contribution in [1.29, 1.82) is 0 Å². The number of carbonyl (C=O) groups excluding carboxylic acids is 2. The van der Waals surface area contributed by atoms with Crippen LogP contribution in [0.25, 0.3) is 0 Å². The molecular formula is C29H28Cl2N4O6S. The van der Waals surface area contributed by atoms with Crippen LogP contribution in [-0.4, -0.2) is 58.7 Å². The fourth-order valence-corrected chi connectivity index (χ4v) is 8.09. The van der Waals surface area contributed by atoms with E-state index in [1.54, 1.807) is 42.5 Å². The van der Waals surface area contributed by atoms with E-state index < -0.39 is 39.9 Å². The number of hydrogen-bond acceptors (Lipinski definition) is 6. The van der Waals surface area contributed by atoms with Crippen molar-refractivity contribution >= 4 is 56.7 Å². The van der Waals surface area contributed by atoms with Crippen LogP contribution in [0.15, 0.2) is 71.6 Å². The van der Waals surface area contributed by atoms with Gasteiger partial charge in [0.05, 0.1) is 4.90 Å². The molecule has 220 valence electrons. The van der Waals surface area contributed by atoms with Crippen molar-refractivity contribution in [1.82, 2.24) is 14.6 Å². The number of rotatable bonds is 9. The van der Waals surface area contributed by atoms with Crippen LogP contribution in [-0.2, 0) is 26.0 Å². The number of sulfonamides is 1. The van der Waals surface area contributed by atoms with Gasteiger partial charge in [0.1, 0.15) is 22.4 Å². The summed E-state index contributed by atoms with van der Waals surface area (Å²) >= 11 is 11.7. The fourth-order valence-electron chi connectivity index (χ4n) is 5.71. The van der Waals surface area contributed by atoms with Gasteiger partial charge in [0.25, 0.3) is 5.91 Å². The van der Waals surface area contributed by atoms with Crippen LogP contribution >= 0.6 is 23.2 Å². The summed E-state index contributed by atoms with van der Waals surface area (Å²) in [6.45, 7) is 0. The number of amides is 2. The third-order valence-electron chi connectivity index (χ3n) is 7.70. The monoisotopic (exact) mass is 630 g/mol. The molecule has 0 spiro atoms. The molecule has 1 aliphatic carbocycles. The van der Waals surface area contributed by atoms with Crippen molar-refractivity contribution in [2.45, 2.75) is 55.1 Å². The summed E-state index contributed by atoms with van der Waals surface area (Å²) in [6.07, 6.45) is 2.68. The topological polar surface area (TPSA) is 146 Å². The molecule has 0 radical (unpaired) electrons. The van der Waals surface area contributed by atoms with Gasteiger partial charge in [0.15, 0.2) is 0 Å². The molecule has 0 unspecified atom stereocenters. The Morgan fingerprint density at radius 2 is 1.57 bits per heavy atom. The fraction of sp³-hybridized carbons (Fsp3) is 0.310. The van der Waals surface area contributed by atoms with E-state index in [2.05, 4.69) is 15.6 Å². The normalized spacial score (nSPS) is 21.0. The van der Waals surface area contributed by atoms with E-state index in [0.29, 0.717) is 36.9 Å². The second-order valence-corrected chi connectivity index (χ2v) is 13.0. The van der Waals surface area contributed by atoms with Gasteiger partial charge < -0.3 is 15.7 Å². The first-order valence-corrected chi connectivity index (χ1v) is 15.6. The summed E-state index contributed by atoms with van der Waals surface area (Å²) in [7, 11) is -3.97. The Labute approximate surface area is 253 Å². The second-order valence-electron chi connectivity index (χ2n) is 10.4. The van der Waals surface area contributed by atoms with E-state index in [1.807, 2.05) is 0 Å². The highest BCUT2D eigenvalue weighted by Crippen LogP contribution is 2.42. The predicted molar refractivity (Wildman–Crippen MR) is 157 cm³/mol. The zero-order valence-electron chi connectivity index (χ0n) is 22.2. The number of fused-ring (bicyclic) bond motifs is 3. The number of pyridine rings is 1. The second kappa shape index (κ2) is 12.4. The molecule has 2 bridgehead atoms. The van der Waals surface area contributed by atoms with Gasteiger partial charge in [0, 0.05) is 23.7 Å². The maximum atomic E-state index is 13.6. The van der Waals surface area contributed by atoms with Crippen LogP contribution < -0.4 is 10.6 Å². The largest absolute Gasteiger partial charge is 0.480 e. The van der Waals surface area contributed by atoms with E-state index in [-0.39, 0.29) is 39.1 Å². The third-order valence-corrected chi connectivity index (χ3v) is 10.0. The van der Waals surface area contributed by atoms with Crippen LogP contribution in [0.5, 0.6) is 0 Å². The minimum absolute atomic E-state index is 0.0445. The lowest BCUT2D eigenvalue weighted by molar-refractivity contribution is -0.143. The van der Waals surface area contributed by atoms with Crippen LogP contribution in [0.4, 0.5) is 5.69 Å². The summed E-state index contributed by atoms with van der Waals surface area (Å²) in [6, 6.07) is 14.6. The van der Waals surface area contributed by atoms with Crippen molar-refractivity contribution in [3.8, 4) is 0 Å². The van der Waals surface area contributed by atoms with Crippen LogP contribution in [0.2, 0.25) is 10.3 Å². The van der Waals surface area contributed by atoms with Crippen molar-refractivity contribution in [3.05, 3.63) is 88.2 Å². The van der Waals surface area contributed by atoms with Gasteiger partial charge in [0.2, 0.25) is 15.9 Å². The molecule has 2 saturated heterocycles. The minimum atomic E-state index is -3.97. The number of aromatic nitrogens is 1. The molecule has 2 aliphatic heterocycles. The summed E-state index contributed by atoms with van der Waals surface area (Å²) < 4.78 is 28.5. The van der Waals surface area contributed by atoms with Gasteiger partial charge in [-0.1, -0.05) is 53.5 Å². The number of aliphatic carboxylic acids is 1. The highest BCUT2D eigenvalue weighted by atomic mass is 35.5. The number of halogens is 2. The molecule has 3 aliphatic rings. The third kappa shape index (κ3) is 6.44. The summed E-state index contributed by atoms with van der Waals surface area (Å²) in [5.74, 6) is -2.52. The number of hydrogen-bond donors (Lipinski definition) is 3. The summed E-state index contributed by atoms with van der Waals surface area (Å²) in [5, 5.41) is 15.4. The molecule has 2 atom stereocenters. The van der Waals surface area contributed by atoms with E-state index in [1.165, 1.54) is 28.6 Å². The first kappa shape index (κ1) is 30.0. The molecule has 3 N–H and O–H groups in total. The Morgan fingerprint density at radius 1 is 0.952 bits per heavy atom. The number of carboxylic acid groups (broad SMARTS) is 1. The zero-order valence-corrected chi connectivity index (χ0v) is 24.6. The lowest BCUT2D eigenvalue weighted by Crippen LogP contribution is -2.63. The van der Waals surface area contributed by atoms with Gasteiger partial charge in [-0.3, -0.25) is 9.59 Å². The Bertz CT molecular complexity index is 1580. The SMILES string of the molecule is O=C(Nc1ccc(C[C@H](NC(=O)[C@@H]2C3CCC(CC3)N2S(=O)(=O)c2ccccc2)C(=O)O)cc1)c1cc(Cl)nc(Cl)c1. The Kier molecular flexibility index (Phi) is 8.84. The highest BCUT2D eigenvalue weighted by molar-refractivity contribution is 7.89. The van der Waals surface area contributed by atoms with E-state index in [9.17, 15) is 27.9 Å². The molecule has 1 saturated carbocycles. The maximum Gasteiger partial charge on any atom is 0.326 e.